The lowest BCUT2D eigenvalue weighted by atomic mass is 10.1. The van der Waals surface area contributed by atoms with Crippen LogP contribution in [0.3, 0.4) is 0 Å². The molecule has 0 fully saturated rings. The maximum Gasteiger partial charge on any atom is 0.251 e. The van der Waals surface area contributed by atoms with Gasteiger partial charge in [0.2, 0.25) is 0 Å². The number of amides is 1. The minimum Gasteiger partial charge on any atom is -0.366 e. The standard InChI is InChI=1S/C11H12N2O/c1-6-4-3-5-8-9(6)10(11(12)14)7(2)13-8/h3-5,13H,1-2H3,(H2,12,14). The van der Waals surface area contributed by atoms with Gasteiger partial charge >= 0.3 is 0 Å². The van der Waals surface area contributed by atoms with Crippen LogP contribution in [-0.4, -0.2) is 10.9 Å². The molecule has 0 aliphatic heterocycles. The fourth-order valence-corrected chi connectivity index (χ4v) is 1.86. The highest BCUT2D eigenvalue weighted by molar-refractivity contribution is 6.08. The van der Waals surface area contributed by atoms with E-state index in [1.807, 2.05) is 32.0 Å². The summed E-state index contributed by atoms with van der Waals surface area (Å²) in [5, 5.41) is 0.942. The number of aromatic amines is 1. The van der Waals surface area contributed by atoms with Crippen LogP contribution in [0.1, 0.15) is 21.6 Å². The number of H-pyrrole nitrogens is 1. The van der Waals surface area contributed by atoms with Crippen molar-refractivity contribution in [1.29, 1.82) is 0 Å². The summed E-state index contributed by atoms with van der Waals surface area (Å²) >= 11 is 0. The second-order valence-corrected chi connectivity index (χ2v) is 3.49. The van der Waals surface area contributed by atoms with Crippen LogP contribution >= 0.6 is 0 Å². The van der Waals surface area contributed by atoms with Gasteiger partial charge < -0.3 is 10.7 Å². The minimum atomic E-state index is -0.372. The van der Waals surface area contributed by atoms with E-state index in [-0.39, 0.29) is 5.91 Å². The lowest BCUT2D eigenvalue weighted by Gasteiger charge is -1.98. The second-order valence-electron chi connectivity index (χ2n) is 3.49. The number of hydrogen-bond donors (Lipinski definition) is 2. The molecule has 0 radical (unpaired) electrons. The third-order valence-electron chi connectivity index (χ3n) is 2.47. The molecule has 3 nitrogen and oxygen atoms in total. The Morgan fingerprint density at radius 1 is 1.36 bits per heavy atom. The van der Waals surface area contributed by atoms with Gasteiger partial charge in [0.25, 0.3) is 5.91 Å². The molecule has 14 heavy (non-hydrogen) atoms. The van der Waals surface area contributed by atoms with Crippen LogP contribution in [0.15, 0.2) is 18.2 Å². The zero-order valence-corrected chi connectivity index (χ0v) is 8.22. The van der Waals surface area contributed by atoms with E-state index >= 15 is 0 Å². The van der Waals surface area contributed by atoms with Crippen molar-refractivity contribution < 1.29 is 4.79 Å². The molecule has 1 aromatic heterocycles. The summed E-state index contributed by atoms with van der Waals surface area (Å²) in [7, 11) is 0. The van der Waals surface area contributed by atoms with Gasteiger partial charge in [-0.05, 0) is 25.5 Å². The number of carbonyl (C=O) groups is 1. The molecule has 1 amide bonds. The number of carbonyl (C=O) groups excluding carboxylic acids is 1. The Bertz CT molecular complexity index is 511. The van der Waals surface area contributed by atoms with E-state index in [4.69, 9.17) is 5.73 Å². The zero-order chi connectivity index (χ0) is 10.3. The van der Waals surface area contributed by atoms with Crippen molar-refractivity contribution in [1.82, 2.24) is 4.98 Å². The van der Waals surface area contributed by atoms with Gasteiger partial charge in [-0.3, -0.25) is 4.79 Å². The van der Waals surface area contributed by atoms with Crippen molar-refractivity contribution in [2.75, 3.05) is 0 Å². The lowest BCUT2D eigenvalue weighted by molar-refractivity contribution is 0.100. The van der Waals surface area contributed by atoms with Crippen molar-refractivity contribution in [2.24, 2.45) is 5.73 Å². The molecule has 1 heterocycles. The van der Waals surface area contributed by atoms with Gasteiger partial charge in [0.1, 0.15) is 0 Å². The van der Waals surface area contributed by atoms with Crippen LogP contribution in [0.25, 0.3) is 10.9 Å². The van der Waals surface area contributed by atoms with Gasteiger partial charge in [-0.1, -0.05) is 12.1 Å². The van der Waals surface area contributed by atoms with E-state index in [0.717, 1.165) is 22.2 Å². The van der Waals surface area contributed by atoms with Gasteiger partial charge in [-0.15, -0.1) is 0 Å². The van der Waals surface area contributed by atoms with Gasteiger partial charge in [0.15, 0.2) is 0 Å². The molecule has 3 heteroatoms. The highest BCUT2D eigenvalue weighted by Crippen LogP contribution is 2.24. The number of nitrogens with two attached hydrogens (primary N) is 1. The number of nitrogens with one attached hydrogen (secondary N) is 1. The molecule has 1 aromatic carbocycles. The van der Waals surface area contributed by atoms with E-state index in [9.17, 15) is 4.79 Å². The number of rotatable bonds is 1. The molecule has 0 bridgehead atoms. The van der Waals surface area contributed by atoms with E-state index in [1.165, 1.54) is 0 Å². The number of aromatic nitrogens is 1. The summed E-state index contributed by atoms with van der Waals surface area (Å²) in [5.74, 6) is -0.372. The topological polar surface area (TPSA) is 58.9 Å². The fourth-order valence-electron chi connectivity index (χ4n) is 1.86. The first kappa shape index (κ1) is 8.81. The Morgan fingerprint density at radius 3 is 2.71 bits per heavy atom. The molecule has 2 rings (SSSR count). The highest BCUT2D eigenvalue weighted by atomic mass is 16.1. The van der Waals surface area contributed by atoms with Gasteiger partial charge in [0.05, 0.1) is 5.56 Å². The zero-order valence-electron chi connectivity index (χ0n) is 8.22. The van der Waals surface area contributed by atoms with Crippen LogP contribution in [0.2, 0.25) is 0 Å². The molecule has 0 aliphatic rings. The third-order valence-corrected chi connectivity index (χ3v) is 2.47. The van der Waals surface area contributed by atoms with Crippen LogP contribution in [0, 0.1) is 13.8 Å². The molecule has 0 unspecified atom stereocenters. The molecule has 0 aliphatic carbocycles. The number of primary amides is 1. The summed E-state index contributed by atoms with van der Waals surface area (Å²) in [6.45, 7) is 3.83. The first-order valence-corrected chi connectivity index (χ1v) is 4.49. The number of hydrogen-bond acceptors (Lipinski definition) is 1. The van der Waals surface area contributed by atoms with Crippen molar-refractivity contribution >= 4 is 16.8 Å². The van der Waals surface area contributed by atoms with Gasteiger partial charge in [0, 0.05) is 16.6 Å². The molecule has 0 saturated heterocycles. The Hall–Kier alpha value is -1.77. The monoisotopic (exact) mass is 188 g/mol. The Labute approximate surface area is 81.9 Å². The summed E-state index contributed by atoms with van der Waals surface area (Å²) < 4.78 is 0. The van der Waals surface area contributed by atoms with Crippen LogP contribution in [-0.2, 0) is 0 Å². The van der Waals surface area contributed by atoms with Crippen molar-refractivity contribution in [3.05, 3.63) is 35.0 Å². The smallest absolute Gasteiger partial charge is 0.251 e. The predicted molar refractivity (Wildman–Crippen MR) is 56.3 cm³/mol. The van der Waals surface area contributed by atoms with E-state index in [2.05, 4.69) is 4.98 Å². The number of aryl methyl sites for hydroxylation is 2. The van der Waals surface area contributed by atoms with Crippen LogP contribution in [0.5, 0.6) is 0 Å². The molecular formula is C11H12N2O. The lowest BCUT2D eigenvalue weighted by Crippen LogP contribution is -2.11. The molecule has 2 aromatic rings. The minimum absolute atomic E-state index is 0.372. The molecule has 0 spiro atoms. The van der Waals surface area contributed by atoms with Crippen molar-refractivity contribution in [2.45, 2.75) is 13.8 Å². The average Bonchev–Trinajstić information content (AvgIpc) is 2.42. The summed E-state index contributed by atoms with van der Waals surface area (Å²) in [5.41, 5.74) is 8.82. The molecule has 0 atom stereocenters. The first-order valence-electron chi connectivity index (χ1n) is 4.49. The Kier molecular flexibility index (Phi) is 1.81. The van der Waals surface area contributed by atoms with Crippen molar-refractivity contribution in [3.8, 4) is 0 Å². The first-order chi connectivity index (χ1) is 6.61. The maximum atomic E-state index is 11.3. The molecule has 0 saturated carbocycles. The summed E-state index contributed by atoms with van der Waals surface area (Å²) in [6, 6.07) is 5.88. The van der Waals surface area contributed by atoms with Crippen LogP contribution in [0.4, 0.5) is 0 Å². The highest BCUT2D eigenvalue weighted by Gasteiger charge is 2.14. The number of benzene rings is 1. The second kappa shape index (κ2) is 2.87. The predicted octanol–water partition coefficient (Wildman–Crippen LogP) is 1.88. The largest absolute Gasteiger partial charge is 0.366 e. The summed E-state index contributed by atoms with van der Waals surface area (Å²) in [6.07, 6.45) is 0. The maximum absolute atomic E-state index is 11.3. The van der Waals surface area contributed by atoms with Crippen molar-refractivity contribution in [3.63, 3.8) is 0 Å². The summed E-state index contributed by atoms with van der Waals surface area (Å²) in [4.78, 5) is 14.4. The third kappa shape index (κ3) is 1.09. The van der Waals surface area contributed by atoms with E-state index in [0.29, 0.717) is 5.56 Å². The van der Waals surface area contributed by atoms with Crippen LogP contribution < -0.4 is 5.73 Å². The Morgan fingerprint density at radius 2 is 2.07 bits per heavy atom. The van der Waals surface area contributed by atoms with Gasteiger partial charge in [-0.25, -0.2) is 0 Å². The molecule has 72 valence electrons. The van der Waals surface area contributed by atoms with E-state index in [1.54, 1.807) is 0 Å². The normalized spacial score (nSPS) is 10.7. The number of fused-ring (bicyclic) bond motifs is 1. The molecular weight excluding hydrogens is 176 g/mol. The molecule has 3 N–H and O–H groups in total. The Balaban J connectivity index is 2.93. The quantitative estimate of drug-likeness (QED) is 0.705. The van der Waals surface area contributed by atoms with E-state index < -0.39 is 0 Å². The SMILES string of the molecule is Cc1[nH]c2cccc(C)c2c1C(N)=O. The van der Waals surface area contributed by atoms with Gasteiger partial charge in [-0.2, -0.15) is 0 Å². The average molecular weight is 188 g/mol. The fraction of sp³-hybridized carbons (Fsp3) is 0.182.